The lowest BCUT2D eigenvalue weighted by atomic mass is 9.83. The fraction of sp³-hybridized carbons (Fsp3) is 0.360. The Morgan fingerprint density at radius 2 is 1.82 bits per heavy atom. The molecule has 0 unspecified atom stereocenters. The molecule has 4 rings (SSSR count). The molecule has 0 amide bonds. The van der Waals surface area contributed by atoms with E-state index in [-0.39, 0.29) is 12.3 Å². The highest BCUT2D eigenvalue weighted by atomic mass is 35.5. The van der Waals surface area contributed by atoms with E-state index in [4.69, 9.17) is 17.3 Å². The minimum Gasteiger partial charge on any atom is -0.406 e. The molecule has 0 aliphatic heterocycles. The Morgan fingerprint density at radius 1 is 1.06 bits per heavy atom. The van der Waals surface area contributed by atoms with Crippen LogP contribution in [0.4, 0.5) is 19.0 Å². The van der Waals surface area contributed by atoms with Crippen molar-refractivity contribution >= 4 is 17.4 Å². The Kier molecular flexibility index (Phi) is 7.58. The third-order valence-corrected chi connectivity index (χ3v) is 6.23. The van der Waals surface area contributed by atoms with Gasteiger partial charge >= 0.3 is 6.36 Å². The molecule has 5 nitrogen and oxygen atoms in total. The Bertz CT molecular complexity index is 1120. The van der Waals surface area contributed by atoms with Crippen LogP contribution in [0.3, 0.4) is 0 Å². The van der Waals surface area contributed by atoms with Crippen LogP contribution in [-0.2, 0) is 13.0 Å². The van der Waals surface area contributed by atoms with Crippen LogP contribution in [0.5, 0.6) is 5.75 Å². The van der Waals surface area contributed by atoms with E-state index in [1.165, 1.54) is 18.2 Å². The van der Waals surface area contributed by atoms with Crippen molar-refractivity contribution in [2.24, 2.45) is 11.7 Å². The number of nitrogens with zero attached hydrogens (tertiary/aromatic N) is 2. The monoisotopic (exact) mass is 490 g/mol. The van der Waals surface area contributed by atoms with E-state index in [2.05, 4.69) is 20.0 Å². The first-order chi connectivity index (χ1) is 16.2. The normalized spacial score (nSPS) is 18.5. The molecule has 180 valence electrons. The zero-order valence-electron chi connectivity index (χ0n) is 18.5. The maximum absolute atomic E-state index is 12.5. The van der Waals surface area contributed by atoms with Gasteiger partial charge in [0.25, 0.3) is 0 Å². The average Bonchev–Trinajstić information content (AvgIpc) is 2.80. The van der Waals surface area contributed by atoms with Gasteiger partial charge in [-0.1, -0.05) is 29.8 Å². The predicted octanol–water partition coefficient (Wildman–Crippen LogP) is 6.37. The summed E-state index contributed by atoms with van der Waals surface area (Å²) in [5.74, 6) is 0.888. The highest BCUT2D eigenvalue weighted by Gasteiger charge is 2.31. The number of pyridine rings is 2. The first-order valence-electron chi connectivity index (χ1n) is 11.2. The second-order valence-corrected chi connectivity index (χ2v) is 9.00. The Morgan fingerprint density at radius 3 is 2.59 bits per heavy atom. The number of benzene rings is 1. The lowest BCUT2D eigenvalue weighted by molar-refractivity contribution is -0.274. The van der Waals surface area contributed by atoms with Crippen molar-refractivity contribution in [2.45, 2.75) is 51.1 Å². The van der Waals surface area contributed by atoms with Crippen LogP contribution in [0.2, 0.25) is 5.02 Å². The van der Waals surface area contributed by atoms with Crippen molar-refractivity contribution < 1.29 is 17.9 Å². The van der Waals surface area contributed by atoms with Crippen LogP contribution in [0.1, 0.15) is 36.9 Å². The molecule has 3 aromatic rings. The number of halogens is 4. The molecular formula is C25H26ClF3N4O. The summed E-state index contributed by atoms with van der Waals surface area (Å²) in [6.07, 6.45) is 2.12. The standard InChI is InChI=1S/C25H26ClF3N4O/c26-22-15-31-19(11-16-7-9-18(30)10-8-16)13-21(22)23-5-2-6-24(33-23)32-14-17-3-1-4-20(12-17)34-25(27,28)29/h1-6,12-13,15-16,18H,7-11,14,30H2,(H,32,33). The van der Waals surface area contributed by atoms with Gasteiger partial charge in [-0.2, -0.15) is 0 Å². The number of anilines is 1. The number of nitrogens with two attached hydrogens (primary N) is 1. The smallest absolute Gasteiger partial charge is 0.406 e. The van der Waals surface area contributed by atoms with Crippen LogP contribution in [0, 0.1) is 5.92 Å². The summed E-state index contributed by atoms with van der Waals surface area (Å²) in [6, 6.07) is 13.6. The summed E-state index contributed by atoms with van der Waals surface area (Å²) in [5.41, 5.74) is 9.11. The van der Waals surface area contributed by atoms with E-state index in [1.807, 2.05) is 18.2 Å². The number of aromatic nitrogens is 2. The van der Waals surface area contributed by atoms with Gasteiger partial charge in [0.2, 0.25) is 0 Å². The summed E-state index contributed by atoms with van der Waals surface area (Å²) in [5, 5.41) is 3.66. The molecule has 2 aromatic heterocycles. The summed E-state index contributed by atoms with van der Waals surface area (Å²) >= 11 is 6.44. The van der Waals surface area contributed by atoms with Gasteiger partial charge < -0.3 is 15.8 Å². The summed E-state index contributed by atoms with van der Waals surface area (Å²) in [6.45, 7) is 0.282. The fourth-order valence-corrected chi connectivity index (χ4v) is 4.41. The maximum atomic E-state index is 12.5. The Hall–Kier alpha value is -2.84. The van der Waals surface area contributed by atoms with Crippen LogP contribution in [0.15, 0.2) is 54.7 Å². The SMILES string of the molecule is NC1CCC(Cc2cc(-c3cccc(NCc4cccc(OC(F)(F)F)c4)n3)c(Cl)cn2)CC1. The van der Waals surface area contributed by atoms with Crippen LogP contribution >= 0.6 is 11.6 Å². The van der Waals surface area contributed by atoms with Crippen molar-refractivity contribution in [3.05, 3.63) is 71.0 Å². The second kappa shape index (κ2) is 10.6. The van der Waals surface area contributed by atoms with Crippen molar-refractivity contribution in [3.63, 3.8) is 0 Å². The van der Waals surface area contributed by atoms with Crippen molar-refractivity contribution in [3.8, 4) is 17.0 Å². The minimum atomic E-state index is -4.73. The highest BCUT2D eigenvalue weighted by molar-refractivity contribution is 6.33. The lowest BCUT2D eigenvalue weighted by Crippen LogP contribution is -2.27. The summed E-state index contributed by atoms with van der Waals surface area (Å²) in [4.78, 5) is 9.16. The van der Waals surface area contributed by atoms with Gasteiger partial charge in [0, 0.05) is 30.0 Å². The number of nitrogens with one attached hydrogen (secondary N) is 1. The van der Waals surface area contributed by atoms with E-state index in [0.29, 0.717) is 34.1 Å². The van der Waals surface area contributed by atoms with Gasteiger partial charge in [0.1, 0.15) is 11.6 Å². The van der Waals surface area contributed by atoms with Gasteiger partial charge in [-0.05, 0) is 73.9 Å². The molecule has 0 spiro atoms. The predicted molar refractivity (Wildman–Crippen MR) is 127 cm³/mol. The first-order valence-corrected chi connectivity index (χ1v) is 11.6. The molecular weight excluding hydrogens is 465 g/mol. The molecule has 0 bridgehead atoms. The van der Waals surface area contributed by atoms with E-state index in [0.717, 1.165) is 43.4 Å². The summed E-state index contributed by atoms with van der Waals surface area (Å²) in [7, 11) is 0. The molecule has 1 aromatic carbocycles. The number of rotatable bonds is 7. The van der Waals surface area contributed by atoms with Crippen molar-refractivity contribution in [2.75, 3.05) is 5.32 Å². The third-order valence-electron chi connectivity index (χ3n) is 5.93. The largest absolute Gasteiger partial charge is 0.573 e. The molecule has 1 aliphatic rings. The van der Waals surface area contributed by atoms with E-state index in [1.54, 1.807) is 18.3 Å². The van der Waals surface area contributed by atoms with Crippen molar-refractivity contribution in [1.82, 2.24) is 9.97 Å². The summed E-state index contributed by atoms with van der Waals surface area (Å²) < 4.78 is 41.4. The molecule has 1 aliphatic carbocycles. The minimum absolute atomic E-state index is 0.260. The van der Waals surface area contributed by atoms with Gasteiger partial charge in [-0.25, -0.2) is 4.98 Å². The maximum Gasteiger partial charge on any atom is 0.573 e. The molecule has 3 N–H and O–H groups in total. The zero-order valence-corrected chi connectivity index (χ0v) is 19.2. The lowest BCUT2D eigenvalue weighted by Gasteiger charge is -2.25. The van der Waals surface area contributed by atoms with Crippen molar-refractivity contribution in [1.29, 1.82) is 0 Å². The molecule has 0 atom stereocenters. The first kappa shape index (κ1) is 24.3. The average molecular weight is 491 g/mol. The molecule has 34 heavy (non-hydrogen) atoms. The topological polar surface area (TPSA) is 73.1 Å². The molecule has 0 radical (unpaired) electrons. The quantitative estimate of drug-likeness (QED) is 0.402. The van der Waals surface area contributed by atoms with E-state index >= 15 is 0 Å². The molecule has 9 heteroatoms. The number of hydrogen-bond donors (Lipinski definition) is 2. The van der Waals surface area contributed by atoms with E-state index < -0.39 is 6.36 Å². The highest BCUT2D eigenvalue weighted by Crippen LogP contribution is 2.31. The number of hydrogen-bond acceptors (Lipinski definition) is 5. The van der Waals surface area contributed by atoms with Gasteiger partial charge in [-0.15, -0.1) is 13.2 Å². The Labute approximate surface area is 201 Å². The molecule has 1 saturated carbocycles. The Balaban J connectivity index is 1.45. The van der Waals surface area contributed by atoms with Crippen LogP contribution in [0.25, 0.3) is 11.3 Å². The van der Waals surface area contributed by atoms with Gasteiger partial charge in [-0.3, -0.25) is 4.98 Å². The molecule has 1 fully saturated rings. The second-order valence-electron chi connectivity index (χ2n) is 8.60. The third kappa shape index (κ3) is 6.84. The van der Waals surface area contributed by atoms with Crippen LogP contribution < -0.4 is 15.8 Å². The van der Waals surface area contributed by atoms with Gasteiger partial charge in [0.15, 0.2) is 0 Å². The number of ether oxygens (including phenoxy) is 1. The fourth-order valence-electron chi connectivity index (χ4n) is 4.21. The number of alkyl halides is 3. The zero-order chi connectivity index (χ0) is 24.1. The molecule has 0 saturated heterocycles. The van der Waals surface area contributed by atoms with Crippen LogP contribution in [-0.4, -0.2) is 22.4 Å². The molecule has 2 heterocycles. The van der Waals surface area contributed by atoms with Gasteiger partial charge in [0.05, 0.1) is 10.7 Å². The van der Waals surface area contributed by atoms with E-state index in [9.17, 15) is 13.2 Å².